The minimum absolute atomic E-state index is 0.00925. The highest BCUT2D eigenvalue weighted by molar-refractivity contribution is 5.81. The lowest BCUT2D eigenvalue weighted by Crippen LogP contribution is -2.43. The normalized spacial score (nSPS) is 15.4. The molecule has 0 atom stereocenters. The number of ether oxygens (including phenoxy) is 1. The molecule has 0 saturated carbocycles. The number of amides is 1. The third-order valence-corrected chi connectivity index (χ3v) is 4.64. The zero-order chi connectivity index (χ0) is 17.8. The topological polar surface area (TPSA) is 67.7 Å². The van der Waals surface area contributed by atoms with Crippen molar-refractivity contribution in [1.29, 1.82) is 0 Å². The Morgan fingerprint density at radius 3 is 2.84 bits per heavy atom. The number of morpholine rings is 1. The van der Waals surface area contributed by atoms with E-state index in [1.54, 1.807) is 18.0 Å². The lowest BCUT2D eigenvalue weighted by atomic mass is 10.1. The van der Waals surface area contributed by atoms with Crippen LogP contribution in [0, 0.1) is 6.92 Å². The first-order chi connectivity index (χ1) is 12.1. The van der Waals surface area contributed by atoms with Gasteiger partial charge in [-0.2, -0.15) is 0 Å². The number of carbonyl (C=O) groups is 1. The fourth-order valence-electron chi connectivity index (χ4n) is 2.96. The zero-order valence-corrected chi connectivity index (χ0v) is 14.8. The third-order valence-electron chi connectivity index (χ3n) is 4.64. The molecule has 1 aromatic carbocycles. The van der Waals surface area contributed by atoms with Gasteiger partial charge in [-0.05, 0) is 18.6 Å². The first kappa shape index (κ1) is 17.6. The Hall–Kier alpha value is -2.25. The minimum Gasteiger partial charge on any atom is -0.379 e. The van der Waals surface area contributed by atoms with Crippen LogP contribution >= 0.6 is 0 Å². The van der Waals surface area contributed by atoms with Crippen molar-refractivity contribution < 1.29 is 9.53 Å². The van der Waals surface area contributed by atoms with Gasteiger partial charge >= 0.3 is 0 Å². The standard InChI is InChI=1S/C18H24N4O3/c1-14-4-3-5-15-17(14)19-13-22(18(15)24)12-16(23)20(2)6-7-21-8-10-25-11-9-21/h3-5,13H,6-12H2,1-2H3. The van der Waals surface area contributed by atoms with Crippen LogP contribution in [-0.2, 0) is 16.1 Å². The Bertz CT molecular complexity index is 812. The van der Waals surface area contributed by atoms with Gasteiger partial charge in [0.1, 0.15) is 6.54 Å². The molecule has 0 aliphatic carbocycles. The number of benzene rings is 1. The Morgan fingerprint density at radius 1 is 1.32 bits per heavy atom. The van der Waals surface area contributed by atoms with E-state index in [9.17, 15) is 9.59 Å². The fourth-order valence-corrected chi connectivity index (χ4v) is 2.96. The number of hydrogen-bond donors (Lipinski definition) is 0. The van der Waals surface area contributed by atoms with Gasteiger partial charge in [-0.25, -0.2) is 4.98 Å². The summed E-state index contributed by atoms with van der Waals surface area (Å²) in [5.41, 5.74) is 1.47. The summed E-state index contributed by atoms with van der Waals surface area (Å²) in [5, 5.41) is 0.547. The number of para-hydroxylation sites is 1. The summed E-state index contributed by atoms with van der Waals surface area (Å²) < 4.78 is 6.71. The van der Waals surface area contributed by atoms with E-state index >= 15 is 0 Å². The molecule has 2 aromatic rings. The molecule has 1 aliphatic rings. The van der Waals surface area contributed by atoms with Crippen LogP contribution in [0.5, 0.6) is 0 Å². The lowest BCUT2D eigenvalue weighted by Gasteiger charge is -2.28. The van der Waals surface area contributed by atoms with Crippen molar-refractivity contribution in [2.45, 2.75) is 13.5 Å². The number of rotatable bonds is 5. The molecule has 3 rings (SSSR count). The molecule has 0 unspecified atom stereocenters. The molecule has 7 heteroatoms. The minimum atomic E-state index is -0.177. The highest BCUT2D eigenvalue weighted by Crippen LogP contribution is 2.11. The van der Waals surface area contributed by atoms with E-state index < -0.39 is 0 Å². The molecule has 0 bridgehead atoms. The highest BCUT2D eigenvalue weighted by Gasteiger charge is 2.15. The smallest absolute Gasteiger partial charge is 0.261 e. The van der Waals surface area contributed by atoms with Gasteiger partial charge in [0.25, 0.3) is 5.56 Å². The van der Waals surface area contributed by atoms with Crippen LogP contribution in [0.25, 0.3) is 10.9 Å². The predicted octanol–water partition coefficient (Wildman–Crippen LogP) is 0.496. The van der Waals surface area contributed by atoms with Gasteiger partial charge < -0.3 is 9.64 Å². The highest BCUT2D eigenvalue weighted by atomic mass is 16.5. The second kappa shape index (κ2) is 7.76. The molecule has 1 amide bonds. The van der Waals surface area contributed by atoms with E-state index in [2.05, 4.69) is 9.88 Å². The predicted molar refractivity (Wildman–Crippen MR) is 95.6 cm³/mol. The SMILES string of the molecule is Cc1cccc2c(=O)n(CC(=O)N(C)CCN3CCOCC3)cnc12. The van der Waals surface area contributed by atoms with Crippen molar-refractivity contribution in [3.05, 3.63) is 40.4 Å². The Balaban J connectivity index is 1.65. The Kier molecular flexibility index (Phi) is 5.45. The van der Waals surface area contributed by atoms with Gasteiger partial charge in [-0.1, -0.05) is 12.1 Å². The molecular weight excluding hydrogens is 320 g/mol. The monoisotopic (exact) mass is 344 g/mol. The number of fused-ring (bicyclic) bond motifs is 1. The van der Waals surface area contributed by atoms with Gasteiger partial charge in [-0.3, -0.25) is 19.1 Å². The first-order valence-corrected chi connectivity index (χ1v) is 8.55. The van der Waals surface area contributed by atoms with E-state index in [1.165, 1.54) is 10.9 Å². The number of aryl methyl sites for hydroxylation is 1. The van der Waals surface area contributed by atoms with Crippen molar-refractivity contribution in [2.75, 3.05) is 46.4 Å². The molecule has 1 aromatic heterocycles. The van der Waals surface area contributed by atoms with Gasteiger partial charge in [-0.15, -0.1) is 0 Å². The van der Waals surface area contributed by atoms with Crippen molar-refractivity contribution in [2.24, 2.45) is 0 Å². The van der Waals surface area contributed by atoms with Crippen LogP contribution in [0.4, 0.5) is 0 Å². The average Bonchev–Trinajstić information content (AvgIpc) is 2.63. The Labute approximate surface area is 146 Å². The second-order valence-corrected chi connectivity index (χ2v) is 6.42. The lowest BCUT2D eigenvalue weighted by molar-refractivity contribution is -0.130. The largest absolute Gasteiger partial charge is 0.379 e. The molecule has 134 valence electrons. The molecule has 1 saturated heterocycles. The number of nitrogens with zero attached hydrogens (tertiary/aromatic N) is 4. The third kappa shape index (κ3) is 4.05. The van der Waals surface area contributed by atoms with E-state index in [-0.39, 0.29) is 18.0 Å². The number of hydrogen-bond acceptors (Lipinski definition) is 5. The second-order valence-electron chi connectivity index (χ2n) is 6.42. The molecule has 7 nitrogen and oxygen atoms in total. The first-order valence-electron chi connectivity index (χ1n) is 8.55. The zero-order valence-electron chi connectivity index (χ0n) is 14.8. The quantitative estimate of drug-likeness (QED) is 0.790. The molecule has 0 radical (unpaired) electrons. The van der Waals surface area contributed by atoms with E-state index in [1.807, 2.05) is 19.1 Å². The molecular formula is C18H24N4O3. The average molecular weight is 344 g/mol. The van der Waals surface area contributed by atoms with Crippen molar-refractivity contribution >= 4 is 16.8 Å². The summed E-state index contributed by atoms with van der Waals surface area (Å²) in [6.07, 6.45) is 1.46. The van der Waals surface area contributed by atoms with Crippen LogP contribution < -0.4 is 5.56 Å². The van der Waals surface area contributed by atoms with Gasteiger partial charge in [0.15, 0.2) is 0 Å². The summed E-state index contributed by atoms with van der Waals surface area (Å²) in [5.74, 6) is -0.0934. The number of likely N-dealkylation sites (N-methyl/N-ethyl adjacent to an activating group) is 1. The van der Waals surface area contributed by atoms with Crippen LogP contribution in [0.2, 0.25) is 0 Å². The van der Waals surface area contributed by atoms with Crippen molar-refractivity contribution in [1.82, 2.24) is 19.4 Å². The molecule has 0 N–H and O–H groups in total. The Morgan fingerprint density at radius 2 is 2.08 bits per heavy atom. The molecule has 25 heavy (non-hydrogen) atoms. The molecule has 1 aliphatic heterocycles. The van der Waals surface area contributed by atoms with Gasteiger partial charge in [0.05, 0.1) is 30.4 Å². The summed E-state index contributed by atoms with van der Waals surface area (Å²) >= 11 is 0. The van der Waals surface area contributed by atoms with E-state index in [4.69, 9.17) is 4.74 Å². The summed E-state index contributed by atoms with van der Waals surface area (Å²) in [7, 11) is 1.77. The maximum atomic E-state index is 12.6. The molecule has 0 spiro atoms. The number of aromatic nitrogens is 2. The van der Waals surface area contributed by atoms with Crippen molar-refractivity contribution in [3.63, 3.8) is 0 Å². The number of carbonyl (C=O) groups excluding carboxylic acids is 1. The summed E-state index contributed by atoms with van der Waals surface area (Å²) in [4.78, 5) is 33.3. The van der Waals surface area contributed by atoms with Crippen molar-refractivity contribution in [3.8, 4) is 0 Å². The summed E-state index contributed by atoms with van der Waals surface area (Å²) in [6, 6.07) is 5.51. The van der Waals surface area contributed by atoms with Gasteiger partial charge in [0.2, 0.25) is 5.91 Å². The van der Waals surface area contributed by atoms with E-state index in [0.717, 1.165) is 38.4 Å². The molecule has 2 heterocycles. The molecule has 1 fully saturated rings. The van der Waals surface area contributed by atoms with Crippen LogP contribution in [-0.4, -0.2) is 71.7 Å². The summed E-state index contributed by atoms with van der Waals surface area (Å²) in [6.45, 7) is 6.66. The maximum Gasteiger partial charge on any atom is 0.261 e. The van der Waals surface area contributed by atoms with Gasteiger partial charge in [0, 0.05) is 33.2 Å². The fraction of sp³-hybridized carbons (Fsp3) is 0.500. The van der Waals surface area contributed by atoms with Crippen LogP contribution in [0.15, 0.2) is 29.3 Å². The van der Waals surface area contributed by atoms with Crippen LogP contribution in [0.3, 0.4) is 0 Å². The van der Waals surface area contributed by atoms with E-state index in [0.29, 0.717) is 17.4 Å². The van der Waals surface area contributed by atoms with Crippen LogP contribution in [0.1, 0.15) is 5.56 Å². The maximum absolute atomic E-state index is 12.6.